The van der Waals surface area contributed by atoms with Gasteiger partial charge in [0.25, 0.3) is 5.91 Å². The van der Waals surface area contributed by atoms with Crippen molar-refractivity contribution in [2.45, 2.75) is 45.4 Å². The molecule has 2 unspecified atom stereocenters. The molecule has 0 aliphatic carbocycles. The van der Waals surface area contributed by atoms with Crippen molar-refractivity contribution >= 4 is 5.91 Å². The van der Waals surface area contributed by atoms with Gasteiger partial charge in [-0.3, -0.25) is 4.79 Å². The van der Waals surface area contributed by atoms with Gasteiger partial charge in [-0.25, -0.2) is 4.39 Å². The third-order valence-corrected chi connectivity index (χ3v) is 2.99. The number of nitrogens with one attached hydrogen (secondary N) is 1. The number of halogens is 1. The molecule has 106 valence electrons. The number of benzene rings is 1. The lowest BCUT2D eigenvalue weighted by atomic mass is 9.98. The third kappa shape index (κ3) is 4.52. The maximum atomic E-state index is 12.7. The zero-order chi connectivity index (χ0) is 14.6. The van der Waals surface area contributed by atoms with Crippen molar-refractivity contribution in [1.29, 1.82) is 0 Å². The normalized spacial score (nSPS) is 14.6. The summed E-state index contributed by atoms with van der Waals surface area (Å²) in [4.78, 5) is 11.9. The predicted octanol–water partition coefficient (Wildman–Crippen LogP) is 1.87. The van der Waals surface area contributed by atoms with Crippen LogP contribution in [0.5, 0.6) is 5.75 Å². The van der Waals surface area contributed by atoms with E-state index >= 15 is 0 Å². The number of amides is 1. The molecule has 4 nitrogen and oxygen atoms in total. The zero-order valence-electron chi connectivity index (χ0n) is 11.6. The van der Waals surface area contributed by atoms with Gasteiger partial charge >= 0.3 is 0 Å². The fourth-order valence-corrected chi connectivity index (χ4v) is 1.29. The Labute approximate surface area is 112 Å². The number of hydrogen-bond donors (Lipinski definition) is 2. The summed E-state index contributed by atoms with van der Waals surface area (Å²) in [5.41, 5.74) is -0.739. The van der Waals surface area contributed by atoms with Crippen LogP contribution in [0.2, 0.25) is 0 Å². The van der Waals surface area contributed by atoms with Crippen LogP contribution in [0.15, 0.2) is 24.3 Å². The van der Waals surface area contributed by atoms with Crippen LogP contribution in [0.1, 0.15) is 27.7 Å². The molecule has 0 aliphatic rings. The first-order valence-electron chi connectivity index (χ1n) is 6.14. The van der Waals surface area contributed by atoms with Gasteiger partial charge in [-0.2, -0.15) is 0 Å². The molecule has 0 radical (unpaired) electrons. The van der Waals surface area contributed by atoms with Crippen LogP contribution in [-0.2, 0) is 4.79 Å². The van der Waals surface area contributed by atoms with E-state index in [4.69, 9.17) is 4.74 Å². The van der Waals surface area contributed by atoms with Crippen molar-refractivity contribution < 1.29 is 19.0 Å². The van der Waals surface area contributed by atoms with Gasteiger partial charge < -0.3 is 15.2 Å². The summed E-state index contributed by atoms with van der Waals surface area (Å²) >= 11 is 0. The standard InChI is InChI=1S/C14H20FNO3/c1-9(13(18)16-14(3,4)10(2)17)19-12-7-5-11(15)6-8-12/h5-10,17H,1-4H3,(H,16,18). The molecule has 0 aromatic heterocycles. The Morgan fingerprint density at radius 1 is 1.32 bits per heavy atom. The fraction of sp³-hybridized carbons (Fsp3) is 0.500. The van der Waals surface area contributed by atoms with Gasteiger partial charge in [0.1, 0.15) is 11.6 Å². The second-order valence-electron chi connectivity index (χ2n) is 5.10. The lowest BCUT2D eigenvalue weighted by molar-refractivity contribution is -0.130. The molecule has 0 heterocycles. The Morgan fingerprint density at radius 3 is 2.32 bits per heavy atom. The summed E-state index contributed by atoms with van der Waals surface area (Å²) in [5.74, 6) is -0.283. The minimum atomic E-state index is -0.739. The lowest BCUT2D eigenvalue weighted by Gasteiger charge is -2.30. The van der Waals surface area contributed by atoms with Crippen LogP contribution in [0.3, 0.4) is 0 Å². The SMILES string of the molecule is CC(Oc1ccc(F)cc1)C(=O)NC(C)(C)C(C)O. The number of rotatable bonds is 5. The van der Waals surface area contributed by atoms with E-state index in [1.165, 1.54) is 24.3 Å². The van der Waals surface area contributed by atoms with Gasteiger partial charge in [0.05, 0.1) is 11.6 Å². The van der Waals surface area contributed by atoms with Crippen LogP contribution in [0.25, 0.3) is 0 Å². The van der Waals surface area contributed by atoms with Crippen LogP contribution >= 0.6 is 0 Å². The molecule has 0 bridgehead atoms. The van der Waals surface area contributed by atoms with Gasteiger partial charge in [0.2, 0.25) is 0 Å². The quantitative estimate of drug-likeness (QED) is 0.858. The highest BCUT2D eigenvalue weighted by Crippen LogP contribution is 2.14. The first kappa shape index (κ1) is 15.4. The monoisotopic (exact) mass is 269 g/mol. The summed E-state index contributed by atoms with van der Waals surface area (Å²) in [6.07, 6.45) is -1.42. The third-order valence-electron chi connectivity index (χ3n) is 2.99. The molecule has 0 spiro atoms. The fourth-order valence-electron chi connectivity index (χ4n) is 1.29. The molecule has 5 heteroatoms. The molecule has 0 aliphatic heterocycles. The molecule has 1 rings (SSSR count). The highest BCUT2D eigenvalue weighted by atomic mass is 19.1. The van der Waals surface area contributed by atoms with Crippen LogP contribution < -0.4 is 10.1 Å². The molecular formula is C14H20FNO3. The first-order valence-corrected chi connectivity index (χ1v) is 6.14. The van der Waals surface area contributed by atoms with Gasteiger partial charge in [-0.1, -0.05) is 0 Å². The topological polar surface area (TPSA) is 58.6 Å². The molecule has 1 aromatic carbocycles. The number of ether oxygens (including phenoxy) is 1. The van der Waals surface area contributed by atoms with Crippen molar-refractivity contribution in [3.05, 3.63) is 30.1 Å². The van der Waals surface area contributed by atoms with E-state index in [1.807, 2.05) is 0 Å². The predicted molar refractivity (Wildman–Crippen MR) is 70.4 cm³/mol. The maximum absolute atomic E-state index is 12.7. The smallest absolute Gasteiger partial charge is 0.261 e. The molecule has 2 N–H and O–H groups in total. The summed E-state index contributed by atoms with van der Waals surface area (Å²) < 4.78 is 18.1. The van der Waals surface area contributed by atoms with E-state index in [0.717, 1.165) is 0 Å². The van der Waals surface area contributed by atoms with Crippen LogP contribution in [0.4, 0.5) is 4.39 Å². The zero-order valence-corrected chi connectivity index (χ0v) is 11.6. The number of aliphatic hydroxyl groups is 1. The van der Waals surface area contributed by atoms with Crippen molar-refractivity contribution in [1.82, 2.24) is 5.32 Å². The van der Waals surface area contributed by atoms with Gasteiger partial charge in [0.15, 0.2) is 6.10 Å². The van der Waals surface area contributed by atoms with E-state index in [1.54, 1.807) is 27.7 Å². The number of carbonyl (C=O) groups is 1. The second-order valence-corrected chi connectivity index (χ2v) is 5.10. The van der Waals surface area contributed by atoms with Crippen LogP contribution in [-0.4, -0.2) is 28.8 Å². The van der Waals surface area contributed by atoms with Gasteiger partial charge in [-0.15, -0.1) is 0 Å². The van der Waals surface area contributed by atoms with E-state index in [2.05, 4.69) is 5.32 Å². The number of carbonyl (C=O) groups excluding carboxylic acids is 1. The molecular weight excluding hydrogens is 249 g/mol. The number of hydrogen-bond acceptors (Lipinski definition) is 3. The van der Waals surface area contributed by atoms with Crippen molar-refractivity contribution in [2.24, 2.45) is 0 Å². The minimum Gasteiger partial charge on any atom is -0.481 e. The molecule has 19 heavy (non-hydrogen) atoms. The molecule has 1 amide bonds. The highest BCUT2D eigenvalue weighted by Gasteiger charge is 2.28. The summed E-state index contributed by atoms with van der Waals surface area (Å²) in [7, 11) is 0. The molecule has 0 saturated heterocycles. The Kier molecular flexibility index (Phi) is 4.89. The van der Waals surface area contributed by atoms with Crippen LogP contribution in [0, 0.1) is 5.82 Å². The van der Waals surface area contributed by atoms with Gasteiger partial charge in [0, 0.05) is 0 Å². The largest absolute Gasteiger partial charge is 0.481 e. The van der Waals surface area contributed by atoms with Crippen molar-refractivity contribution in [3.63, 3.8) is 0 Å². The van der Waals surface area contributed by atoms with Gasteiger partial charge in [-0.05, 0) is 52.0 Å². The lowest BCUT2D eigenvalue weighted by Crippen LogP contribution is -2.54. The molecule has 2 atom stereocenters. The molecule has 1 aromatic rings. The van der Waals surface area contributed by atoms with E-state index < -0.39 is 17.7 Å². The van der Waals surface area contributed by atoms with E-state index in [0.29, 0.717) is 5.75 Å². The van der Waals surface area contributed by atoms with Crippen molar-refractivity contribution in [2.75, 3.05) is 0 Å². The van der Waals surface area contributed by atoms with Crippen molar-refractivity contribution in [3.8, 4) is 5.75 Å². The summed E-state index contributed by atoms with van der Waals surface area (Å²) in [5, 5.41) is 12.2. The highest BCUT2D eigenvalue weighted by molar-refractivity contribution is 5.81. The second kappa shape index (κ2) is 6.02. The maximum Gasteiger partial charge on any atom is 0.261 e. The van der Waals surface area contributed by atoms with E-state index in [9.17, 15) is 14.3 Å². The summed E-state index contributed by atoms with van der Waals surface area (Å²) in [6, 6.07) is 5.44. The summed E-state index contributed by atoms with van der Waals surface area (Å²) in [6.45, 7) is 6.64. The average Bonchev–Trinajstić information content (AvgIpc) is 2.31. The Balaban J connectivity index is 2.60. The Hall–Kier alpha value is -1.62. The average molecular weight is 269 g/mol. The Morgan fingerprint density at radius 2 is 1.84 bits per heavy atom. The number of aliphatic hydroxyl groups excluding tert-OH is 1. The first-order chi connectivity index (χ1) is 8.72. The minimum absolute atomic E-state index is 0.338. The Bertz CT molecular complexity index is 429. The molecule has 0 saturated carbocycles. The molecule has 0 fully saturated rings. The van der Waals surface area contributed by atoms with E-state index in [-0.39, 0.29) is 11.7 Å².